The van der Waals surface area contributed by atoms with Gasteiger partial charge in [-0.3, -0.25) is 9.59 Å². The molecule has 36 heavy (non-hydrogen) atoms. The van der Waals surface area contributed by atoms with Crippen molar-refractivity contribution in [3.05, 3.63) is 29.3 Å². The standard InChI is InChI=1S/C27H37F3N2O4/c1-17(2)26(9-6-22(14-26)31-10-7-19(8-11-31)12-18(3)24(33)34)25(35)32-15-20-13-21(27(28,29)30)4-5-23(20)36-16-32/h4-5,13,17-19,22H,6-12,14-16H2,1-3H3,(H,33,34)/t18?,22-,26+/m1/s1. The first-order valence-electron chi connectivity index (χ1n) is 13.0. The average molecular weight is 511 g/mol. The summed E-state index contributed by atoms with van der Waals surface area (Å²) in [5.74, 6) is -0.205. The number of piperidine rings is 1. The van der Waals surface area contributed by atoms with Crippen LogP contribution in [0.4, 0.5) is 13.2 Å². The van der Waals surface area contributed by atoms with Crippen molar-refractivity contribution >= 4 is 11.9 Å². The summed E-state index contributed by atoms with van der Waals surface area (Å²) in [6, 6.07) is 3.72. The molecule has 1 N–H and O–H groups in total. The summed E-state index contributed by atoms with van der Waals surface area (Å²) >= 11 is 0. The number of alkyl halides is 3. The molecule has 4 rings (SSSR count). The topological polar surface area (TPSA) is 70.1 Å². The number of halogens is 3. The lowest BCUT2D eigenvalue weighted by molar-refractivity contribution is -0.150. The van der Waals surface area contributed by atoms with Crippen LogP contribution in [0.3, 0.4) is 0 Å². The molecule has 0 aromatic heterocycles. The van der Waals surface area contributed by atoms with E-state index in [4.69, 9.17) is 4.74 Å². The van der Waals surface area contributed by atoms with E-state index < -0.39 is 23.1 Å². The van der Waals surface area contributed by atoms with Crippen LogP contribution in [0, 0.1) is 23.2 Å². The fourth-order valence-corrected chi connectivity index (χ4v) is 6.34. The number of rotatable bonds is 6. The maximum Gasteiger partial charge on any atom is 0.416 e. The van der Waals surface area contributed by atoms with Crippen molar-refractivity contribution in [3.63, 3.8) is 0 Å². The zero-order valence-electron chi connectivity index (χ0n) is 21.3. The highest BCUT2D eigenvalue weighted by atomic mass is 19.4. The number of carbonyl (C=O) groups is 2. The zero-order valence-corrected chi connectivity index (χ0v) is 21.3. The lowest BCUT2D eigenvalue weighted by Crippen LogP contribution is -2.49. The van der Waals surface area contributed by atoms with E-state index in [0.29, 0.717) is 23.7 Å². The van der Waals surface area contributed by atoms with Crippen molar-refractivity contribution in [1.29, 1.82) is 0 Å². The fraction of sp³-hybridized carbons (Fsp3) is 0.704. The Kier molecular flexibility index (Phi) is 7.60. The second-order valence-electron chi connectivity index (χ2n) is 11.3. The molecule has 200 valence electrons. The van der Waals surface area contributed by atoms with Crippen molar-refractivity contribution < 1.29 is 32.6 Å². The number of likely N-dealkylation sites (tertiary alicyclic amines) is 1. The van der Waals surface area contributed by atoms with Crippen molar-refractivity contribution in [2.45, 2.75) is 78.1 Å². The second kappa shape index (κ2) is 10.2. The zero-order chi connectivity index (χ0) is 26.3. The van der Waals surface area contributed by atoms with Crippen LogP contribution in [-0.2, 0) is 22.3 Å². The average Bonchev–Trinajstić information content (AvgIpc) is 3.29. The highest BCUT2D eigenvalue weighted by molar-refractivity contribution is 5.83. The molecular weight excluding hydrogens is 473 g/mol. The Morgan fingerprint density at radius 3 is 2.47 bits per heavy atom. The Morgan fingerprint density at radius 2 is 1.86 bits per heavy atom. The van der Waals surface area contributed by atoms with Crippen LogP contribution in [0.5, 0.6) is 5.75 Å². The van der Waals surface area contributed by atoms with E-state index >= 15 is 0 Å². The minimum absolute atomic E-state index is 0.0340. The van der Waals surface area contributed by atoms with E-state index in [1.54, 1.807) is 11.8 Å². The fourth-order valence-electron chi connectivity index (χ4n) is 6.34. The smallest absolute Gasteiger partial charge is 0.416 e. The molecule has 1 aromatic carbocycles. The van der Waals surface area contributed by atoms with E-state index in [1.165, 1.54) is 6.07 Å². The number of nitrogens with zero attached hydrogens (tertiary/aromatic N) is 2. The third-order valence-electron chi connectivity index (χ3n) is 8.74. The highest BCUT2D eigenvalue weighted by Gasteiger charge is 2.51. The number of hydrogen-bond donors (Lipinski definition) is 1. The SMILES string of the molecule is CC(CC1CCN([C@@H]2CC[C@@](C(=O)N3COc4ccc(C(F)(F)F)cc4C3)(C(C)C)C2)CC1)C(=O)O. The predicted octanol–water partition coefficient (Wildman–Crippen LogP) is 5.40. The Hall–Kier alpha value is -2.29. The van der Waals surface area contributed by atoms with Crippen molar-refractivity contribution in [2.75, 3.05) is 19.8 Å². The summed E-state index contributed by atoms with van der Waals surface area (Å²) in [6.45, 7) is 7.85. The van der Waals surface area contributed by atoms with E-state index in [2.05, 4.69) is 18.7 Å². The maximum absolute atomic E-state index is 13.9. The number of hydrogen-bond acceptors (Lipinski definition) is 4. The maximum atomic E-state index is 13.9. The predicted molar refractivity (Wildman–Crippen MR) is 128 cm³/mol. The third kappa shape index (κ3) is 5.36. The third-order valence-corrected chi connectivity index (χ3v) is 8.74. The first-order chi connectivity index (χ1) is 16.9. The molecule has 2 aliphatic heterocycles. The van der Waals surface area contributed by atoms with Gasteiger partial charge in [-0.2, -0.15) is 13.2 Å². The molecule has 2 fully saturated rings. The first kappa shape index (κ1) is 26.8. The number of carbonyl (C=O) groups excluding carboxylic acids is 1. The molecule has 1 amide bonds. The largest absolute Gasteiger partial charge is 0.481 e. The molecule has 0 spiro atoms. The van der Waals surface area contributed by atoms with Crippen LogP contribution in [0.2, 0.25) is 0 Å². The quantitative estimate of drug-likeness (QED) is 0.555. The number of amides is 1. The molecular formula is C27H37F3N2O4. The molecule has 1 saturated heterocycles. The monoisotopic (exact) mass is 510 g/mol. The van der Waals surface area contributed by atoms with Gasteiger partial charge in [0.1, 0.15) is 5.75 Å². The molecule has 1 aromatic rings. The Bertz CT molecular complexity index is 974. The van der Waals surface area contributed by atoms with Crippen LogP contribution < -0.4 is 4.74 Å². The van der Waals surface area contributed by atoms with Crippen LogP contribution in [0.15, 0.2) is 18.2 Å². The van der Waals surface area contributed by atoms with Crippen LogP contribution in [0.1, 0.15) is 70.4 Å². The summed E-state index contributed by atoms with van der Waals surface area (Å²) in [5.41, 5.74) is -0.919. The van der Waals surface area contributed by atoms with Gasteiger partial charge >= 0.3 is 12.1 Å². The molecule has 0 radical (unpaired) electrons. The normalized spacial score (nSPS) is 26.5. The van der Waals surface area contributed by atoms with Gasteiger partial charge in [-0.15, -0.1) is 0 Å². The lowest BCUT2D eigenvalue weighted by atomic mass is 9.74. The molecule has 2 heterocycles. The molecule has 6 nitrogen and oxygen atoms in total. The Morgan fingerprint density at radius 1 is 1.17 bits per heavy atom. The minimum Gasteiger partial charge on any atom is -0.481 e. The number of fused-ring (bicyclic) bond motifs is 1. The first-order valence-corrected chi connectivity index (χ1v) is 13.0. The van der Waals surface area contributed by atoms with Crippen LogP contribution in [-0.4, -0.2) is 52.6 Å². The minimum atomic E-state index is -4.45. The van der Waals surface area contributed by atoms with Crippen LogP contribution in [0.25, 0.3) is 0 Å². The number of carboxylic acids is 1. The van der Waals surface area contributed by atoms with Crippen molar-refractivity contribution in [3.8, 4) is 5.75 Å². The van der Waals surface area contributed by atoms with Gasteiger partial charge in [-0.1, -0.05) is 20.8 Å². The van der Waals surface area contributed by atoms with Crippen molar-refractivity contribution in [1.82, 2.24) is 9.80 Å². The number of ether oxygens (including phenoxy) is 1. The molecule has 0 bridgehead atoms. The molecule has 3 atom stereocenters. The van der Waals surface area contributed by atoms with Gasteiger partial charge < -0.3 is 19.6 Å². The summed E-state index contributed by atoms with van der Waals surface area (Å²) in [4.78, 5) is 29.1. The molecule has 1 aliphatic carbocycles. The van der Waals surface area contributed by atoms with Gasteiger partial charge in [0, 0.05) is 11.6 Å². The Labute approximate surface area is 210 Å². The Balaban J connectivity index is 1.41. The molecule has 1 unspecified atom stereocenters. The van der Waals surface area contributed by atoms with E-state index in [1.807, 2.05) is 0 Å². The van der Waals surface area contributed by atoms with Gasteiger partial charge in [0.2, 0.25) is 5.91 Å². The highest BCUT2D eigenvalue weighted by Crippen LogP contribution is 2.48. The van der Waals surface area contributed by atoms with E-state index in [-0.39, 0.29) is 37.1 Å². The lowest BCUT2D eigenvalue weighted by Gasteiger charge is -2.41. The van der Waals surface area contributed by atoms with Gasteiger partial charge in [0.05, 0.1) is 23.4 Å². The number of aliphatic carboxylic acids is 1. The molecule has 1 saturated carbocycles. The summed E-state index contributed by atoms with van der Waals surface area (Å²) in [6.07, 6.45) is 0.572. The van der Waals surface area contributed by atoms with E-state index in [9.17, 15) is 27.9 Å². The molecule has 9 heteroatoms. The number of carboxylic acid groups (broad SMARTS) is 1. The summed E-state index contributed by atoms with van der Waals surface area (Å²) in [5, 5.41) is 9.20. The second-order valence-corrected chi connectivity index (χ2v) is 11.3. The van der Waals surface area contributed by atoms with Gasteiger partial charge in [-0.25, -0.2) is 0 Å². The van der Waals surface area contributed by atoms with Gasteiger partial charge in [0.15, 0.2) is 6.73 Å². The number of benzene rings is 1. The summed E-state index contributed by atoms with van der Waals surface area (Å²) < 4.78 is 45.3. The van der Waals surface area contributed by atoms with Gasteiger partial charge in [0.25, 0.3) is 0 Å². The molecule has 3 aliphatic rings. The van der Waals surface area contributed by atoms with Crippen LogP contribution >= 0.6 is 0 Å². The van der Waals surface area contributed by atoms with Gasteiger partial charge in [-0.05, 0) is 81.6 Å². The van der Waals surface area contributed by atoms with Crippen molar-refractivity contribution in [2.24, 2.45) is 23.2 Å². The van der Waals surface area contributed by atoms with E-state index in [0.717, 1.165) is 57.3 Å². The summed E-state index contributed by atoms with van der Waals surface area (Å²) in [7, 11) is 0.